The third-order valence-electron chi connectivity index (χ3n) is 3.39. The molecule has 21 heavy (non-hydrogen) atoms. The molecule has 1 aromatic carbocycles. The summed E-state index contributed by atoms with van der Waals surface area (Å²) in [5, 5.41) is 11.6. The van der Waals surface area contributed by atoms with Crippen molar-refractivity contribution in [1.29, 1.82) is 0 Å². The van der Waals surface area contributed by atoms with Gasteiger partial charge in [0.05, 0.1) is 0 Å². The van der Waals surface area contributed by atoms with Crippen LogP contribution in [0.2, 0.25) is 0 Å². The molecule has 0 radical (unpaired) electrons. The fourth-order valence-corrected chi connectivity index (χ4v) is 2.05. The molecular weight excluding hydrogens is 264 g/mol. The van der Waals surface area contributed by atoms with Crippen LogP contribution in [0.1, 0.15) is 27.3 Å². The van der Waals surface area contributed by atoms with Crippen LogP contribution in [0.4, 0.5) is 5.69 Å². The second-order valence-corrected chi connectivity index (χ2v) is 4.86. The molecule has 2 N–H and O–H groups in total. The normalized spacial score (nSPS) is 9.90. The molecule has 4 heteroatoms. The van der Waals surface area contributed by atoms with Gasteiger partial charge in [-0.2, -0.15) is 0 Å². The van der Waals surface area contributed by atoms with E-state index >= 15 is 0 Å². The standard InChI is InChI=1S/C17H18N2O2/c1-12-11-14(5-4-10-20)7-8-15(12)18-17(21)16-9-6-13(2)19(16)3/h6-9,11,20H,10H2,1-3H3,(H,18,21). The van der Waals surface area contributed by atoms with Gasteiger partial charge in [0.2, 0.25) is 0 Å². The Bertz CT molecular complexity index is 733. The lowest BCUT2D eigenvalue weighted by atomic mass is 10.1. The number of carbonyl (C=O) groups is 1. The lowest BCUT2D eigenvalue weighted by Crippen LogP contribution is -2.16. The van der Waals surface area contributed by atoms with E-state index in [0.717, 1.165) is 22.5 Å². The average Bonchev–Trinajstić information content (AvgIpc) is 2.79. The zero-order valence-electron chi connectivity index (χ0n) is 12.4. The van der Waals surface area contributed by atoms with E-state index in [4.69, 9.17) is 5.11 Å². The van der Waals surface area contributed by atoms with Gasteiger partial charge in [0.25, 0.3) is 5.91 Å². The highest BCUT2D eigenvalue weighted by atomic mass is 16.2. The van der Waals surface area contributed by atoms with Crippen molar-refractivity contribution in [2.45, 2.75) is 13.8 Å². The summed E-state index contributed by atoms with van der Waals surface area (Å²) in [5.74, 6) is 5.31. The summed E-state index contributed by atoms with van der Waals surface area (Å²) < 4.78 is 1.85. The van der Waals surface area contributed by atoms with Gasteiger partial charge in [0.1, 0.15) is 12.3 Å². The van der Waals surface area contributed by atoms with Gasteiger partial charge in [-0.05, 0) is 49.7 Å². The molecule has 0 spiro atoms. The fourth-order valence-electron chi connectivity index (χ4n) is 2.05. The lowest BCUT2D eigenvalue weighted by Gasteiger charge is -2.10. The first-order chi connectivity index (χ1) is 10.0. The third kappa shape index (κ3) is 3.33. The Kier molecular flexibility index (Phi) is 4.46. The van der Waals surface area contributed by atoms with E-state index in [1.807, 2.05) is 49.7 Å². The fraction of sp³-hybridized carbons (Fsp3) is 0.235. The van der Waals surface area contributed by atoms with E-state index < -0.39 is 0 Å². The number of nitrogens with zero attached hydrogens (tertiary/aromatic N) is 1. The molecule has 2 rings (SSSR count). The number of aliphatic hydroxyl groups is 1. The summed E-state index contributed by atoms with van der Waals surface area (Å²) in [4.78, 5) is 12.3. The number of benzene rings is 1. The zero-order chi connectivity index (χ0) is 15.4. The molecule has 0 saturated carbocycles. The van der Waals surface area contributed by atoms with Crippen LogP contribution in [0, 0.1) is 25.7 Å². The molecule has 0 fully saturated rings. The Balaban J connectivity index is 2.20. The summed E-state index contributed by atoms with van der Waals surface area (Å²) in [6.45, 7) is 3.71. The van der Waals surface area contributed by atoms with Crippen molar-refractivity contribution in [3.8, 4) is 11.8 Å². The zero-order valence-corrected chi connectivity index (χ0v) is 12.4. The number of aryl methyl sites for hydroxylation is 2. The van der Waals surface area contributed by atoms with Gasteiger partial charge in [-0.3, -0.25) is 4.79 Å². The first-order valence-corrected chi connectivity index (χ1v) is 6.67. The van der Waals surface area contributed by atoms with Gasteiger partial charge in [-0.1, -0.05) is 11.8 Å². The van der Waals surface area contributed by atoms with E-state index in [-0.39, 0.29) is 12.5 Å². The Morgan fingerprint density at radius 3 is 2.62 bits per heavy atom. The predicted molar refractivity (Wildman–Crippen MR) is 83.2 cm³/mol. The van der Waals surface area contributed by atoms with Gasteiger partial charge < -0.3 is 15.0 Å². The van der Waals surface area contributed by atoms with E-state index in [1.165, 1.54) is 0 Å². The summed E-state index contributed by atoms with van der Waals surface area (Å²) in [6.07, 6.45) is 0. The van der Waals surface area contributed by atoms with Crippen molar-refractivity contribution in [1.82, 2.24) is 4.57 Å². The number of nitrogens with one attached hydrogen (secondary N) is 1. The first kappa shape index (κ1) is 14.9. The molecule has 108 valence electrons. The Hall–Kier alpha value is -2.51. The second kappa shape index (κ2) is 6.29. The highest BCUT2D eigenvalue weighted by Crippen LogP contribution is 2.17. The minimum absolute atomic E-state index is 0.136. The average molecular weight is 282 g/mol. The Morgan fingerprint density at radius 2 is 2.05 bits per heavy atom. The van der Waals surface area contributed by atoms with E-state index in [9.17, 15) is 4.79 Å². The van der Waals surface area contributed by atoms with Crippen LogP contribution >= 0.6 is 0 Å². The van der Waals surface area contributed by atoms with Crippen LogP contribution in [0.15, 0.2) is 30.3 Å². The summed E-state index contributed by atoms with van der Waals surface area (Å²) in [7, 11) is 1.87. The predicted octanol–water partition coefficient (Wildman–Crippen LogP) is 2.24. The van der Waals surface area contributed by atoms with Crippen molar-refractivity contribution < 1.29 is 9.90 Å². The van der Waals surface area contributed by atoms with Gasteiger partial charge in [0.15, 0.2) is 0 Å². The molecule has 4 nitrogen and oxygen atoms in total. The van der Waals surface area contributed by atoms with Gasteiger partial charge in [-0.15, -0.1) is 0 Å². The number of carbonyl (C=O) groups excluding carboxylic acids is 1. The molecular formula is C17H18N2O2. The van der Waals surface area contributed by atoms with Gasteiger partial charge in [0, 0.05) is 24.0 Å². The number of aromatic nitrogens is 1. The van der Waals surface area contributed by atoms with Crippen molar-refractivity contribution in [2.75, 3.05) is 11.9 Å². The van der Waals surface area contributed by atoms with E-state index in [0.29, 0.717) is 5.69 Å². The molecule has 0 unspecified atom stereocenters. The Morgan fingerprint density at radius 1 is 1.29 bits per heavy atom. The molecule has 1 aromatic heterocycles. The molecule has 0 saturated heterocycles. The molecule has 2 aromatic rings. The second-order valence-electron chi connectivity index (χ2n) is 4.86. The highest BCUT2D eigenvalue weighted by molar-refractivity contribution is 6.03. The Labute approximate surface area is 124 Å². The highest BCUT2D eigenvalue weighted by Gasteiger charge is 2.12. The van der Waals surface area contributed by atoms with Crippen molar-refractivity contribution in [3.05, 3.63) is 52.8 Å². The van der Waals surface area contributed by atoms with E-state index in [1.54, 1.807) is 6.07 Å². The first-order valence-electron chi connectivity index (χ1n) is 6.67. The lowest BCUT2D eigenvalue weighted by molar-refractivity contribution is 0.101. The smallest absolute Gasteiger partial charge is 0.272 e. The molecule has 1 amide bonds. The van der Waals surface area contributed by atoms with E-state index in [2.05, 4.69) is 17.2 Å². The summed E-state index contributed by atoms with van der Waals surface area (Å²) >= 11 is 0. The van der Waals surface area contributed by atoms with Gasteiger partial charge >= 0.3 is 0 Å². The quantitative estimate of drug-likeness (QED) is 0.830. The molecule has 0 bridgehead atoms. The van der Waals surface area contributed by atoms with Gasteiger partial charge in [-0.25, -0.2) is 0 Å². The van der Waals surface area contributed by atoms with Crippen LogP contribution < -0.4 is 5.32 Å². The number of aliphatic hydroxyl groups excluding tert-OH is 1. The van der Waals surface area contributed by atoms with Crippen molar-refractivity contribution in [2.24, 2.45) is 7.05 Å². The van der Waals surface area contributed by atoms with Crippen LogP contribution in [0.5, 0.6) is 0 Å². The van der Waals surface area contributed by atoms with Crippen molar-refractivity contribution >= 4 is 11.6 Å². The maximum atomic E-state index is 12.3. The minimum Gasteiger partial charge on any atom is -0.384 e. The number of hydrogen-bond donors (Lipinski definition) is 2. The van der Waals surface area contributed by atoms with Crippen LogP contribution in [-0.2, 0) is 7.05 Å². The maximum Gasteiger partial charge on any atom is 0.272 e. The van der Waals surface area contributed by atoms with Crippen LogP contribution in [0.3, 0.4) is 0 Å². The number of anilines is 1. The topological polar surface area (TPSA) is 54.3 Å². The summed E-state index contributed by atoms with van der Waals surface area (Å²) in [6, 6.07) is 9.25. The van der Waals surface area contributed by atoms with Crippen molar-refractivity contribution in [3.63, 3.8) is 0 Å². The number of hydrogen-bond acceptors (Lipinski definition) is 2. The van der Waals surface area contributed by atoms with Crippen LogP contribution in [-0.4, -0.2) is 22.2 Å². The molecule has 0 aliphatic rings. The minimum atomic E-state index is -0.162. The largest absolute Gasteiger partial charge is 0.384 e. The maximum absolute atomic E-state index is 12.3. The number of amides is 1. The molecule has 0 aliphatic heterocycles. The molecule has 1 heterocycles. The molecule has 0 atom stereocenters. The SMILES string of the molecule is Cc1cc(C#CCO)ccc1NC(=O)c1ccc(C)n1C. The molecule has 0 aliphatic carbocycles. The van der Waals surface area contributed by atoms with Crippen LogP contribution in [0.25, 0.3) is 0 Å². The number of rotatable bonds is 2. The summed E-state index contributed by atoms with van der Waals surface area (Å²) in [5.41, 5.74) is 4.16. The third-order valence-corrected chi connectivity index (χ3v) is 3.39. The monoisotopic (exact) mass is 282 g/mol.